The highest BCUT2D eigenvalue weighted by Gasteiger charge is 2.25. The van der Waals surface area contributed by atoms with Crippen LogP contribution in [0.4, 0.5) is 5.69 Å². The molecule has 1 aliphatic rings. The molecule has 0 aromatic heterocycles. The molecule has 0 bridgehead atoms. The summed E-state index contributed by atoms with van der Waals surface area (Å²) in [5, 5.41) is 13.2. The molecule has 144 valence electrons. The molecule has 1 heterocycles. The average molecular weight is 370 g/mol. The van der Waals surface area contributed by atoms with Gasteiger partial charge in [0.15, 0.2) is 0 Å². The number of carbonyl (C=O) groups is 1. The molecule has 6 heteroatoms. The number of benzene rings is 2. The fourth-order valence-electron chi connectivity index (χ4n) is 2.86. The summed E-state index contributed by atoms with van der Waals surface area (Å²) in [4.78, 5) is 14.6. The molecule has 27 heavy (non-hydrogen) atoms. The van der Waals surface area contributed by atoms with Crippen LogP contribution in [0, 0.1) is 0 Å². The van der Waals surface area contributed by atoms with Gasteiger partial charge in [-0.2, -0.15) is 0 Å². The Hall–Kier alpha value is -2.57. The van der Waals surface area contributed by atoms with Crippen LogP contribution in [0.2, 0.25) is 0 Å². The summed E-state index contributed by atoms with van der Waals surface area (Å²) in [6.45, 7) is 5.61. The summed E-state index contributed by atoms with van der Waals surface area (Å²) in [6, 6.07) is 14.9. The Bertz CT molecular complexity index is 764. The minimum atomic E-state index is -0.610. The van der Waals surface area contributed by atoms with Crippen LogP contribution in [0.5, 0.6) is 11.5 Å². The van der Waals surface area contributed by atoms with Gasteiger partial charge in [0.05, 0.1) is 12.2 Å². The molecular weight excluding hydrogens is 344 g/mol. The van der Waals surface area contributed by atoms with Crippen LogP contribution in [-0.2, 0) is 0 Å². The van der Waals surface area contributed by atoms with Gasteiger partial charge >= 0.3 is 0 Å². The number of aliphatic hydroxyl groups excluding tert-OH is 1. The fraction of sp³-hybridized carbons (Fsp3) is 0.381. The molecular formula is C21H26N2O4. The summed E-state index contributed by atoms with van der Waals surface area (Å²) in [6.07, 6.45) is -0.610. The van der Waals surface area contributed by atoms with E-state index in [1.54, 1.807) is 35.2 Å². The van der Waals surface area contributed by atoms with Crippen LogP contribution in [0.15, 0.2) is 48.5 Å². The number of rotatable bonds is 7. The molecule has 0 saturated carbocycles. The fourth-order valence-corrected chi connectivity index (χ4v) is 2.86. The first kappa shape index (κ1) is 19.2. The summed E-state index contributed by atoms with van der Waals surface area (Å²) in [5.41, 5.74) is 1.31. The first-order chi connectivity index (χ1) is 13.0. The van der Waals surface area contributed by atoms with Crippen molar-refractivity contribution in [3.05, 3.63) is 54.1 Å². The Morgan fingerprint density at radius 1 is 1.26 bits per heavy atom. The third-order valence-electron chi connectivity index (χ3n) is 4.26. The van der Waals surface area contributed by atoms with E-state index in [1.807, 2.05) is 32.0 Å². The topological polar surface area (TPSA) is 71.0 Å². The second kappa shape index (κ2) is 8.88. The molecule has 2 aromatic carbocycles. The monoisotopic (exact) mass is 370 g/mol. The molecule has 0 fully saturated rings. The van der Waals surface area contributed by atoms with E-state index >= 15 is 0 Å². The van der Waals surface area contributed by atoms with Crippen LogP contribution in [0.3, 0.4) is 0 Å². The summed E-state index contributed by atoms with van der Waals surface area (Å²) in [5.74, 6) is 1.17. The van der Waals surface area contributed by atoms with Gasteiger partial charge in [-0.1, -0.05) is 32.0 Å². The first-order valence-electron chi connectivity index (χ1n) is 9.22. The molecule has 0 radical (unpaired) electrons. The second-order valence-corrected chi connectivity index (χ2v) is 6.83. The highest BCUT2D eigenvalue weighted by molar-refractivity contribution is 6.07. The number of carbonyl (C=O) groups excluding carboxylic acids is 1. The molecule has 1 amide bonds. The van der Waals surface area contributed by atoms with Crippen LogP contribution in [0.1, 0.15) is 24.2 Å². The van der Waals surface area contributed by atoms with Crippen molar-refractivity contribution in [2.45, 2.75) is 26.0 Å². The smallest absolute Gasteiger partial charge is 0.258 e. The summed E-state index contributed by atoms with van der Waals surface area (Å²) < 4.78 is 11.4. The predicted octanol–water partition coefficient (Wildman–Crippen LogP) is 2.46. The van der Waals surface area contributed by atoms with Gasteiger partial charge < -0.3 is 24.8 Å². The van der Waals surface area contributed by atoms with E-state index in [9.17, 15) is 9.90 Å². The van der Waals surface area contributed by atoms with Gasteiger partial charge in [0.25, 0.3) is 5.91 Å². The number of fused-ring (bicyclic) bond motifs is 1. The average Bonchev–Trinajstić information content (AvgIpc) is 2.70. The molecule has 0 spiro atoms. The first-order valence-corrected chi connectivity index (χ1v) is 9.22. The lowest BCUT2D eigenvalue weighted by atomic mass is 10.1. The molecule has 1 unspecified atom stereocenters. The lowest BCUT2D eigenvalue weighted by Crippen LogP contribution is -2.38. The lowest BCUT2D eigenvalue weighted by Gasteiger charge is -2.30. The Balaban J connectivity index is 1.71. The van der Waals surface area contributed by atoms with Crippen LogP contribution < -0.4 is 19.7 Å². The molecule has 1 atom stereocenters. The zero-order valence-electron chi connectivity index (χ0n) is 15.7. The van der Waals surface area contributed by atoms with E-state index in [1.165, 1.54) is 0 Å². The third-order valence-corrected chi connectivity index (χ3v) is 4.26. The highest BCUT2D eigenvalue weighted by atomic mass is 16.5. The molecule has 2 N–H and O–H groups in total. The van der Waals surface area contributed by atoms with Gasteiger partial charge in [0.1, 0.15) is 30.8 Å². The third kappa shape index (κ3) is 4.99. The largest absolute Gasteiger partial charge is 0.491 e. The minimum absolute atomic E-state index is 0.0709. The number of hydrogen-bond acceptors (Lipinski definition) is 5. The van der Waals surface area contributed by atoms with E-state index < -0.39 is 6.10 Å². The zero-order chi connectivity index (χ0) is 19.2. The number of nitrogens with one attached hydrogen (secondary N) is 1. The Labute approximate surface area is 159 Å². The van der Waals surface area contributed by atoms with Crippen molar-refractivity contribution in [1.29, 1.82) is 0 Å². The number of ether oxygens (including phenoxy) is 2. The van der Waals surface area contributed by atoms with Gasteiger partial charge in [-0.15, -0.1) is 0 Å². The molecule has 0 saturated heterocycles. The predicted molar refractivity (Wildman–Crippen MR) is 105 cm³/mol. The van der Waals surface area contributed by atoms with Crippen molar-refractivity contribution >= 4 is 11.6 Å². The van der Waals surface area contributed by atoms with Gasteiger partial charge in [-0.3, -0.25) is 4.79 Å². The maximum absolute atomic E-state index is 12.9. The number of amides is 1. The standard InChI is InChI=1S/C21H26N2O4/c1-15(2)22-13-17(24)14-27-18-8-9-20-19(12-18)23(10-11-26-20)21(25)16-6-4-3-5-7-16/h3-9,12,15,17,22,24H,10-11,13-14H2,1-2H3. The van der Waals surface area contributed by atoms with Gasteiger partial charge in [-0.25, -0.2) is 0 Å². The van der Waals surface area contributed by atoms with Crippen LogP contribution in [0.25, 0.3) is 0 Å². The van der Waals surface area contributed by atoms with E-state index in [0.29, 0.717) is 48.5 Å². The molecule has 6 nitrogen and oxygen atoms in total. The van der Waals surface area contributed by atoms with E-state index in [-0.39, 0.29) is 12.5 Å². The van der Waals surface area contributed by atoms with Crippen molar-refractivity contribution in [1.82, 2.24) is 5.32 Å². The van der Waals surface area contributed by atoms with Crippen molar-refractivity contribution < 1.29 is 19.4 Å². The normalized spacial score (nSPS) is 14.4. The van der Waals surface area contributed by atoms with Crippen molar-refractivity contribution in [3.8, 4) is 11.5 Å². The SMILES string of the molecule is CC(C)NCC(O)COc1ccc2c(c1)N(C(=O)c1ccccc1)CCO2. The maximum Gasteiger partial charge on any atom is 0.258 e. The number of nitrogens with zero attached hydrogens (tertiary/aromatic N) is 1. The summed E-state index contributed by atoms with van der Waals surface area (Å²) >= 11 is 0. The molecule has 3 rings (SSSR count). The van der Waals surface area contributed by atoms with Crippen LogP contribution in [-0.4, -0.2) is 49.5 Å². The Morgan fingerprint density at radius 2 is 2.04 bits per heavy atom. The van der Waals surface area contributed by atoms with Crippen LogP contribution >= 0.6 is 0 Å². The number of aliphatic hydroxyl groups is 1. The Kier molecular flexibility index (Phi) is 6.32. The van der Waals surface area contributed by atoms with E-state index in [4.69, 9.17) is 9.47 Å². The minimum Gasteiger partial charge on any atom is -0.491 e. The molecule has 0 aliphatic carbocycles. The van der Waals surface area contributed by atoms with Gasteiger partial charge in [0.2, 0.25) is 0 Å². The highest BCUT2D eigenvalue weighted by Crippen LogP contribution is 2.35. The maximum atomic E-state index is 12.9. The Morgan fingerprint density at radius 3 is 2.78 bits per heavy atom. The number of anilines is 1. The van der Waals surface area contributed by atoms with Crippen molar-refractivity contribution in [2.24, 2.45) is 0 Å². The quantitative estimate of drug-likeness (QED) is 0.783. The number of hydrogen-bond donors (Lipinski definition) is 2. The van der Waals surface area contributed by atoms with Gasteiger partial charge in [-0.05, 0) is 24.3 Å². The second-order valence-electron chi connectivity index (χ2n) is 6.83. The lowest BCUT2D eigenvalue weighted by molar-refractivity contribution is 0.0974. The van der Waals surface area contributed by atoms with Crippen molar-refractivity contribution in [2.75, 3.05) is 31.2 Å². The summed E-state index contributed by atoms with van der Waals surface area (Å²) in [7, 11) is 0. The molecule has 1 aliphatic heterocycles. The van der Waals surface area contributed by atoms with Gasteiger partial charge in [0, 0.05) is 24.2 Å². The van der Waals surface area contributed by atoms with E-state index in [0.717, 1.165) is 0 Å². The zero-order valence-corrected chi connectivity index (χ0v) is 15.7. The molecule has 2 aromatic rings. The van der Waals surface area contributed by atoms with Crippen molar-refractivity contribution in [3.63, 3.8) is 0 Å². The van der Waals surface area contributed by atoms with E-state index in [2.05, 4.69) is 5.32 Å².